The third kappa shape index (κ3) is 2.65. The summed E-state index contributed by atoms with van der Waals surface area (Å²) in [6.45, 7) is -0.848. The summed E-state index contributed by atoms with van der Waals surface area (Å²) in [5, 5.41) is 8.39. The molecule has 0 spiro atoms. The highest BCUT2D eigenvalue weighted by Crippen LogP contribution is 2.25. The molecule has 6 heteroatoms. The van der Waals surface area contributed by atoms with E-state index in [9.17, 15) is 13.2 Å². The fourth-order valence-corrected chi connectivity index (χ4v) is 2.81. The van der Waals surface area contributed by atoms with E-state index in [0.717, 1.165) is 30.4 Å². The third-order valence-electron chi connectivity index (χ3n) is 2.70. The van der Waals surface area contributed by atoms with Crippen molar-refractivity contribution in [3.05, 3.63) is 29.3 Å². The minimum atomic E-state index is -3.96. The van der Waals surface area contributed by atoms with Crippen molar-refractivity contribution < 1.29 is 22.5 Å². The SMILES string of the molecule is O=C(O)COS(=O)(=O)c1ccc2c(c1)CCC2. The summed E-state index contributed by atoms with van der Waals surface area (Å²) in [7, 11) is -3.96. The molecular weight excluding hydrogens is 244 g/mol. The molecule has 1 aliphatic rings. The summed E-state index contributed by atoms with van der Waals surface area (Å²) in [5.74, 6) is -1.31. The number of aliphatic carboxylic acids is 1. The number of carbonyl (C=O) groups is 1. The van der Waals surface area contributed by atoms with E-state index >= 15 is 0 Å². The van der Waals surface area contributed by atoms with E-state index in [0.29, 0.717) is 0 Å². The Kier molecular flexibility index (Phi) is 3.17. The molecule has 5 nitrogen and oxygen atoms in total. The summed E-state index contributed by atoms with van der Waals surface area (Å²) in [6.07, 6.45) is 2.85. The van der Waals surface area contributed by atoms with Crippen LogP contribution in [0.2, 0.25) is 0 Å². The lowest BCUT2D eigenvalue weighted by Gasteiger charge is -2.05. The molecule has 92 valence electrons. The van der Waals surface area contributed by atoms with Crippen LogP contribution in [0.15, 0.2) is 23.1 Å². The third-order valence-corrected chi connectivity index (χ3v) is 3.96. The van der Waals surface area contributed by atoms with Crippen LogP contribution < -0.4 is 0 Å². The fraction of sp³-hybridized carbons (Fsp3) is 0.364. The Balaban J connectivity index is 2.24. The number of rotatable bonds is 4. The van der Waals surface area contributed by atoms with Crippen molar-refractivity contribution >= 4 is 16.1 Å². The molecule has 0 amide bonds. The summed E-state index contributed by atoms with van der Waals surface area (Å²) in [4.78, 5) is 10.3. The zero-order chi connectivity index (χ0) is 12.5. The Morgan fingerprint density at radius 3 is 2.71 bits per heavy atom. The Morgan fingerprint density at radius 1 is 1.29 bits per heavy atom. The molecule has 1 N–H and O–H groups in total. The van der Waals surface area contributed by atoms with Gasteiger partial charge in [0.2, 0.25) is 0 Å². The smallest absolute Gasteiger partial charge is 0.331 e. The van der Waals surface area contributed by atoms with Crippen molar-refractivity contribution in [3.63, 3.8) is 0 Å². The Morgan fingerprint density at radius 2 is 2.00 bits per heavy atom. The molecule has 17 heavy (non-hydrogen) atoms. The van der Waals surface area contributed by atoms with E-state index in [2.05, 4.69) is 4.18 Å². The number of hydrogen-bond donors (Lipinski definition) is 1. The van der Waals surface area contributed by atoms with E-state index in [1.165, 1.54) is 6.07 Å². The number of hydrogen-bond acceptors (Lipinski definition) is 4. The van der Waals surface area contributed by atoms with Gasteiger partial charge >= 0.3 is 5.97 Å². The largest absolute Gasteiger partial charge is 0.479 e. The average molecular weight is 256 g/mol. The number of carboxylic acid groups (broad SMARTS) is 1. The lowest BCUT2D eigenvalue weighted by atomic mass is 10.1. The van der Waals surface area contributed by atoms with Crippen LogP contribution in [0.4, 0.5) is 0 Å². The van der Waals surface area contributed by atoms with Crippen LogP contribution in [0.1, 0.15) is 17.5 Å². The predicted octanol–water partition coefficient (Wildman–Crippen LogP) is 0.965. The molecule has 1 aromatic carbocycles. The van der Waals surface area contributed by atoms with Crippen molar-refractivity contribution in [1.29, 1.82) is 0 Å². The number of aryl methyl sites for hydroxylation is 2. The molecule has 0 saturated carbocycles. The maximum absolute atomic E-state index is 11.7. The van der Waals surface area contributed by atoms with Gasteiger partial charge in [0.15, 0.2) is 6.61 Å². The molecule has 1 aromatic rings. The lowest BCUT2D eigenvalue weighted by molar-refractivity contribution is -0.139. The van der Waals surface area contributed by atoms with Crippen LogP contribution in [0.3, 0.4) is 0 Å². The molecule has 0 radical (unpaired) electrons. The second-order valence-electron chi connectivity index (χ2n) is 3.89. The van der Waals surface area contributed by atoms with Crippen molar-refractivity contribution in [3.8, 4) is 0 Å². The van der Waals surface area contributed by atoms with Gasteiger partial charge in [-0.25, -0.2) is 4.79 Å². The molecule has 1 aliphatic carbocycles. The van der Waals surface area contributed by atoms with Crippen LogP contribution in [0, 0.1) is 0 Å². The quantitative estimate of drug-likeness (QED) is 0.812. The van der Waals surface area contributed by atoms with Gasteiger partial charge in [-0.3, -0.25) is 4.18 Å². The molecule has 0 unspecified atom stereocenters. The van der Waals surface area contributed by atoms with Gasteiger partial charge in [-0.1, -0.05) is 6.07 Å². The van der Waals surface area contributed by atoms with Crippen LogP contribution in [-0.4, -0.2) is 26.1 Å². The van der Waals surface area contributed by atoms with Crippen molar-refractivity contribution in [1.82, 2.24) is 0 Å². The number of carboxylic acids is 1. The highest BCUT2D eigenvalue weighted by atomic mass is 32.2. The molecular formula is C11H12O5S. The number of fused-ring (bicyclic) bond motifs is 1. The Labute approximate surface area is 99.2 Å². The molecule has 0 aromatic heterocycles. The van der Waals surface area contributed by atoms with E-state index in [1.807, 2.05) is 0 Å². The standard InChI is InChI=1S/C11H12O5S/c12-11(13)7-16-17(14,15)10-5-4-8-2-1-3-9(8)6-10/h4-6H,1-3,7H2,(H,12,13). The molecule has 0 fully saturated rings. The van der Waals surface area contributed by atoms with Gasteiger partial charge in [-0.2, -0.15) is 8.42 Å². The highest BCUT2D eigenvalue weighted by molar-refractivity contribution is 7.86. The Hall–Kier alpha value is -1.40. The highest BCUT2D eigenvalue weighted by Gasteiger charge is 2.20. The van der Waals surface area contributed by atoms with Gasteiger partial charge in [-0.15, -0.1) is 0 Å². The molecule has 2 rings (SSSR count). The first kappa shape index (κ1) is 12.1. The van der Waals surface area contributed by atoms with Gasteiger partial charge in [0.25, 0.3) is 10.1 Å². The predicted molar refractivity (Wildman–Crippen MR) is 59.2 cm³/mol. The second-order valence-corrected chi connectivity index (χ2v) is 5.51. The molecule has 0 atom stereocenters. The van der Waals surface area contributed by atoms with Crippen LogP contribution in [-0.2, 0) is 31.9 Å². The molecule has 0 bridgehead atoms. The van der Waals surface area contributed by atoms with Crippen molar-refractivity contribution in [2.75, 3.05) is 6.61 Å². The molecule has 0 heterocycles. The Bertz CT molecular complexity index is 547. The molecule has 0 aliphatic heterocycles. The first-order chi connectivity index (χ1) is 7.99. The zero-order valence-electron chi connectivity index (χ0n) is 9.05. The first-order valence-corrected chi connectivity index (χ1v) is 6.63. The van der Waals surface area contributed by atoms with Crippen LogP contribution in [0.5, 0.6) is 0 Å². The maximum Gasteiger partial charge on any atom is 0.331 e. The minimum absolute atomic E-state index is 0.0272. The maximum atomic E-state index is 11.7. The summed E-state index contributed by atoms with van der Waals surface area (Å²) >= 11 is 0. The van der Waals surface area contributed by atoms with Crippen molar-refractivity contribution in [2.24, 2.45) is 0 Å². The van der Waals surface area contributed by atoms with Crippen molar-refractivity contribution in [2.45, 2.75) is 24.2 Å². The van der Waals surface area contributed by atoms with Gasteiger partial charge in [0.1, 0.15) is 0 Å². The monoisotopic (exact) mass is 256 g/mol. The zero-order valence-corrected chi connectivity index (χ0v) is 9.87. The van der Waals surface area contributed by atoms with Gasteiger partial charge in [0.05, 0.1) is 4.90 Å². The normalized spacial score (nSPS) is 14.6. The van der Waals surface area contributed by atoms with Gasteiger partial charge in [-0.05, 0) is 42.5 Å². The first-order valence-electron chi connectivity index (χ1n) is 5.22. The number of benzene rings is 1. The van der Waals surface area contributed by atoms with Gasteiger partial charge < -0.3 is 5.11 Å². The lowest BCUT2D eigenvalue weighted by Crippen LogP contribution is -2.14. The van der Waals surface area contributed by atoms with E-state index in [1.54, 1.807) is 12.1 Å². The fourth-order valence-electron chi connectivity index (χ4n) is 1.90. The van der Waals surface area contributed by atoms with E-state index in [4.69, 9.17) is 5.11 Å². The van der Waals surface area contributed by atoms with Gasteiger partial charge in [0, 0.05) is 0 Å². The van der Waals surface area contributed by atoms with E-state index in [-0.39, 0.29) is 4.90 Å². The van der Waals surface area contributed by atoms with E-state index < -0.39 is 22.7 Å². The molecule has 0 saturated heterocycles. The summed E-state index contributed by atoms with van der Waals surface area (Å²) in [6, 6.07) is 4.79. The second kappa shape index (κ2) is 4.46. The minimum Gasteiger partial charge on any atom is -0.479 e. The topological polar surface area (TPSA) is 80.7 Å². The van der Waals surface area contributed by atoms with Crippen LogP contribution >= 0.6 is 0 Å². The summed E-state index contributed by atoms with van der Waals surface area (Å²) < 4.78 is 27.7. The van der Waals surface area contributed by atoms with Crippen LogP contribution in [0.25, 0.3) is 0 Å². The average Bonchev–Trinajstić information content (AvgIpc) is 2.73. The summed E-state index contributed by atoms with van der Waals surface area (Å²) in [5.41, 5.74) is 2.16.